The van der Waals surface area contributed by atoms with Crippen LogP contribution < -0.4 is 21.3 Å². The second-order valence-electron chi connectivity index (χ2n) is 4.65. The van der Waals surface area contributed by atoms with Crippen LogP contribution in [0.15, 0.2) is 24.3 Å². The number of nitrogens with one attached hydrogen (secondary N) is 2. The molecule has 0 saturated heterocycles. The minimum atomic E-state index is -1.03. The van der Waals surface area contributed by atoms with Crippen molar-refractivity contribution in [3.8, 4) is 5.75 Å². The molecule has 8 heteroatoms. The Morgan fingerprint density at radius 1 is 1.27 bits per heavy atom. The first-order valence-corrected chi connectivity index (χ1v) is 6.71. The minimum absolute atomic E-state index is 0.343. The van der Waals surface area contributed by atoms with Crippen LogP contribution in [0, 0.1) is 0 Å². The third-order valence-electron chi connectivity index (χ3n) is 2.88. The molecular formula is C14H21N3O5. The lowest BCUT2D eigenvalue weighted by Crippen LogP contribution is -2.54. The first-order chi connectivity index (χ1) is 10.5. The van der Waals surface area contributed by atoms with Gasteiger partial charge >= 0.3 is 0 Å². The standard InChI is InChI=1S/C14H21N3O5/c1-9(15)12(14(19)17-20)16-13(18)10-3-5-11(6-4-10)22-8-7-21-2/h3-6,9,12,20H,7-8,15H2,1-2H3,(H,16,18)(H,17,19)/t9-,12+/m1/s1. The van der Waals surface area contributed by atoms with Gasteiger partial charge in [-0.2, -0.15) is 0 Å². The lowest BCUT2D eigenvalue weighted by Gasteiger charge is -2.20. The van der Waals surface area contributed by atoms with E-state index in [4.69, 9.17) is 20.4 Å². The number of carbonyl (C=O) groups excluding carboxylic acids is 2. The fourth-order valence-electron chi connectivity index (χ4n) is 1.68. The Hall–Kier alpha value is -2.16. The van der Waals surface area contributed by atoms with Crippen molar-refractivity contribution in [3.63, 3.8) is 0 Å². The van der Waals surface area contributed by atoms with E-state index in [0.29, 0.717) is 24.5 Å². The van der Waals surface area contributed by atoms with Gasteiger partial charge in [-0.15, -0.1) is 0 Å². The van der Waals surface area contributed by atoms with Crippen LogP contribution in [0.25, 0.3) is 0 Å². The monoisotopic (exact) mass is 311 g/mol. The Balaban J connectivity index is 2.66. The van der Waals surface area contributed by atoms with E-state index in [0.717, 1.165) is 0 Å². The van der Waals surface area contributed by atoms with Gasteiger partial charge in [0.2, 0.25) is 0 Å². The molecule has 0 aliphatic carbocycles. The van der Waals surface area contributed by atoms with Crippen LogP contribution in [0.3, 0.4) is 0 Å². The molecule has 0 aliphatic rings. The number of ether oxygens (including phenoxy) is 2. The molecule has 0 heterocycles. The number of rotatable bonds is 8. The molecule has 0 saturated carbocycles. The van der Waals surface area contributed by atoms with Crippen molar-refractivity contribution in [2.75, 3.05) is 20.3 Å². The number of hydrogen-bond donors (Lipinski definition) is 4. The van der Waals surface area contributed by atoms with Crippen LogP contribution in [-0.2, 0) is 9.53 Å². The van der Waals surface area contributed by atoms with E-state index < -0.39 is 23.9 Å². The predicted octanol–water partition coefficient (Wildman–Crippen LogP) is -0.337. The zero-order valence-electron chi connectivity index (χ0n) is 12.5. The summed E-state index contributed by atoms with van der Waals surface area (Å²) < 4.78 is 10.2. The Morgan fingerprint density at radius 2 is 1.91 bits per heavy atom. The van der Waals surface area contributed by atoms with Gasteiger partial charge < -0.3 is 20.5 Å². The summed E-state index contributed by atoms with van der Waals surface area (Å²) in [4.78, 5) is 23.5. The molecular weight excluding hydrogens is 290 g/mol. The Morgan fingerprint density at radius 3 is 2.41 bits per heavy atom. The van der Waals surface area contributed by atoms with Gasteiger partial charge in [0, 0.05) is 18.7 Å². The number of methoxy groups -OCH3 is 1. The van der Waals surface area contributed by atoms with E-state index in [2.05, 4.69) is 5.32 Å². The average molecular weight is 311 g/mol. The second-order valence-corrected chi connectivity index (χ2v) is 4.65. The van der Waals surface area contributed by atoms with Crippen LogP contribution in [0.5, 0.6) is 5.75 Å². The quantitative estimate of drug-likeness (QED) is 0.296. The third-order valence-corrected chi connectivity index (χ3v) is 2.88. The highest BCUT2D eigenvalue weighted by molar-refractivity contribution is 5.97. The summed E-state index contributed by atoms with van der Waals surface area (Å²) in [5.41, 5.74) is 7.43. The van der Waals surface area contributed by atoms with E-state index in [9.17, 15) is 9.59 Å². The summed E-state index contributed by atoms with van der Waals surface area (Å²) in [5, 5.41) is 11.1. The summed E-state index contributed by atoms with van der Waals surface area (Å²) in [5.74, 6) is -0.650. The molecule has 0 aromatic heterocycles. The molecule has 1 aromatic rings. The van der Waals surface area contributed by atoms with Crippen molar-refractivity contribution in [1.82, 2.24) is 10.8 Å². The number of nitrogens with two attached hydrogens (primary N) is 1. The molecule has 0 unspecified atom stereocenters. The molecule has 2 amide bonds. The highest BCUT2D eigenvalue weighted by atomic mass is 16.5. The van der Waals surface area contributed by atoms with Crippen LogP contribution in [0.1, 0.15) is 17.3 Å². The smallest absolute Gasteiger partial charge is 0.267 e. The Kier molecular flexibility index (Phi) is 7.30. The summed E-state index contributed by atoms with van der Waals surface area (Å²) in [7, 11) is 1.58. The highest BCUT2D eigenvalue weighted by Crippen LogP contribution is 2.12. The number of hydrogen-bond acceptors (Lipinski definition) is 6. The molecule has 5 N–H and O–H groups in total. The summed E-state index contributed by atoms with van der Waals surface area (Å²) in [6.07, 6.45) is 0. The van der Waals surface area contributed by atoms with Crippen LogP contribution in [0.2, 0.25) is 0 Å². The Bertz CT molecular complexity index is 490. The summed E-state index contributed by atoms with van der Waals surface area (Å²) in [6, 6.07) is 4.71. The normalized spacial score (nSPS) is 13.1. The molecule has 1 rings (SSSR count). The number of hydroxylamine groups is 1. The van der Waals surface area contributed by atoms with E-state index in [1.165, 1.54) is 5.48 Å². The van der Waals surface area contributed by atoms with Gasteiger partial charge in [-0.05, 0) is 31.2 Å². The van der Waals surface area contributed by atoms with Crippen LogP contribution >= 0.6 is 0 Å². The largest absolute Gasteiger partial charge is 0.491 e. The fraction of sp³-hybridized carbons (Fsp3) is 0.429. The number of benzene rings is 1. The number of carbonyl (C=O) groups is 2. The lowest BCUT2D eigenvalue weighted by molar-refractivity contribution is -0.131. The molecule has 0 bridgehead atoms. The number of amides is 2. The third kappa shape index (κ3) is 5.32. The summed E-state index contributed by atoms with van der Waals surface area (Å²) in [6.45, 7) is 2.42. The minimum Gasteiger partial charge on any atom is -0.491 e. The lowest BCUT2D eigenvalue weighted by atomic mass is 10.1. The van der Waals surface area contributed by atoms with Gasteiger partial charge in [0.15, 0.2) is 0 Å². The molecule has 122 valence electrons. The zero-order chi connectivity index (χ0) is 16.5. The van der Waals surface area contributed by atoms with Crippen molar-refractivity contribution in [2.24, 2.45) is 5.73 Å². The van der Waals surface area contributed by atoms with E-state index in [-0.39, 0.29) is 0 Å². The molecule has 0 spiro atoms. The van der Waals surface area contributed by atoms with Gasteiger partial charge in [-0.25, -0.2) is 5.48 Å². The van der Waals surface area contributed by atoms with E-state index in [1.54, 1.807) is 38.3 Å². The molecule has 8 nitrogen and oxygen atoms in total. The van der Waals surface area contributed by atoms with E-state index >= 15 is 0 Å². The van der Waals surface area contributed by atoms with Crippen molar-refractivity contribution < 1.29 is 24.3 Å². The molecule has 1 aromatic carbocycles. The van der Waals surface area contributed by atoms with Gasteiger partial charge in [0.25, 0.3) is 11.8 Å². The van der Waals surface area contributed by atoms with Crippen LogP contribution in [0.4, 0.5) is 0 Å². The maximum absolute atomic E-state index is 12.1. The maximum atomic E-state index is 12.1. The predicted molar refractivity (Wildman–Crippen MR) is 78.6 cm³/mol. The maximum Gasteiger partial charge on any atom is 0.267 e. The fourth-order valence-corrected chi connectivity index (χ4v) is 1.68. The van der Waals surface area contributed by atoms with Crippen molar-refractivity contribution in [2.45, 2.75) is 19.0 Å². The van der Waals surface area contributed by atoms with Gasteiger partial charge in [-0.3, -0.25) is 14.8 Å². The first kappa shape index (κ1) is 17.9. The van der Waals surface area contributed by atoms with Gasteiger partial charge in [-0.1, -0.05) is 0 Å². The first-order valence-electron chi connectivity index (χ1n) is 6.71. The molecule has 22 heavy (non-hydrogen) atoms. The van der Waals surface area contributed by atoms with Gasteiger partial charge in [0.05, 0.1) is 6.61 Å². The molecule has 0 radical (unpaired) electrons. The van der Waals surface area contributed by atoms with Crippen molar-refractivity contribution in [1.29, 1.82) is 0 Å². The zero-order valence-corrected chi connectivity index (χ0v) is 12.5. The van der Waals surface area contributed by atoms with Crippen LogP contribution in [-0.4, -0.2) is 49.4 Å². The second kappa shape index (κ2) is 8.98. The molecule has 2 atom stereocenters. The average Bonchev–Trinajstić information content (AvgIpc) is 2.52. The highest BCUT2D eigenvalue weighted by Gasteiger charge is 2.24. The molecule has 0 fully saturated rings. The summed E-state index contributed by atoms with van der Waals surface area (Å²) >= 11 is 0. The van der Waals surface area contributed by atoms with E-state index in [1.807, 2.05) is 0 Å². The van der Waals surface area contributed by atoms with Gasteiger partial charge in [0.1, 0.15) is 18.4 Å². The SMILES string of the molecule is COCCOc1ccc(C(=O)N[C@H](C(=O)NO)[C@@H](C)N)cc1. The Labute approximate surface area is 128 Å². The van der Waals surface area contributed by atoms with Crippen molar-refractivity contribution in [3.05, 3.63) is 29.8 Å². The topological polar surface area (TPSA) is 123 Å². The van der Waals surface area contributed by atoms with Crippen molar-refractivity contribution >= 4 is 11.8 Å². The molecule has 0 aliphatic heterocycles.